The van der Waals surface area contributed by atoms with Crippen molar-refractivity contribution >= 4 is 17.7 Å². The Morgan fingerprint density at radius 1 is 1.06 bits per heavy atom. The van der Waals surface area contributed by atoms with E-state index in [2.05, 4.69) is 25.8 Å². The van der Waals surface area contributed by atoms with Gasteiger partial charge in [0.15, 0.2) is 5.82 Å². The molecule has 3 aromatic rings. The van der Waals surface area contributed by atoms with Gasteiger partial charge in [-0.15, -0.1) is 0 Å². The number of methoxy groups -OCH3 is 1. The summed E-state index contributed by atoms with van der Waals surface area (Å²) in [5.41, 5.74) is 0.943. The van der Waals surface area contributed by atoms with Crippen molar-refractivity contribution in [3.8, 4) is 11.3 Å². The Labute approximate surface area is 196 Å². The molecule has 0 atom stereocenters. The van der Waals surface area contributed by atoms with Crippen LogP contribution in [0.1, 0.15) is 24.2 Å². The Hall–Kier alpha value is -3.63. The highest BCUT2D eigenvalue weighted by Gasteiger charge is 2.20. The van der Waals surface area contributed by atoms with Crippen LogP contribution in [0.15, 0.2) is 59.6 Å². The van der Waals surface area contributed by atoms with Gasteiger partial charge in [0.05, 0.1) is 31.1 Å². The first kappa shape index (κ1) is 25.0. The predicted octanol–water partition coefficient (Wildman–Crippen LogP) is 3.99. The highest BCUT2D eigenvalue weighted by atomic mass is 19.1. The van der Waals surface area contributed by atoms with Crippen molar-refractivity contribution in [3.63, 3.8) is 0 Å². The number of ether oxygens (including phenoxy) is 2. The maximum Gasteiger partial charge on any atom is 0.257 e. The van der Waals surface area contributed by atoms with Crippen LogP contribution in [0, 0.1) is 11.6 Å². The van der Waals surface area contributed by atoms with Crippen LogP contribution < -0.4 is 10.6 Å². The van der Waals surface area contributed by atoms with E-state index in [0.717, 1.165) is 5.56 Å². The van der Waals surface area contributed by atoms with E-state index in [4.69, 9.17) is 9.47 Å². The number of nitrogens with zero attached hydrogens (tertiary/aromatic N) is 2. The Balaban J connectivity index is 1.80. The second-order valence-corrected chi connectivity index (χ2v) is 8.08. The summed E-state index contributed by atoms with van der Waals surface area (Å²) >= 11 is 0. The molecule has 34 heavy (non-hydrogen) atoms. The Morgan fingerprint density at radius 3 is 2.35 bits per heavy atom. The van der Waals surface area contributed by atoms with Crippen LogP contribution in [0.3, 0.4) is 0 Å². The first-order valence-electron chi connectivity index (χ1n) is 10.6. The van der Waals surface area contributed by atoms with Crippen LogP contribution in [0.25, 0.3) is 11.3 Å². The minimum atomic E-state index is -0.706. The molecular formula is C24H27F2N5O3. The Morgan fingerprint density at radius 2 is 1.71 bits per heavy atom. The van der Waals surface area contributed by atoms with Crippen molar-refractivity contribution in [2.24, 2.45) is 4.99 Å². The molecule has 0 aliphatic carbocycles. The van der Waals surface area contributed by atoms with Crippen molar-refractivity contribution in [2.45, 2.75) is 19.4 Å². The van der Waals surface area contributed by atoms with Crippen molar-refractivity contribution in [3.05, 3.63) is 71.8 Å². The van der Waals surface area contributed by atoms with E-state index >= 15 is 0 Å². The number of aromatic amines is 1. The molecule has 0 spiro atoms. The third kappa shape index (κ3) is 7.46. The summed E-state index contributed by atoms with van der Waals surface area (Å²) in [6, 6.07) is 12.8. The minimum Gasteiger partial charge on any atom is -0.382 e. The van der Waals surface area contributed by atoms with E-state index in [9.17, 15) is 13.6 Å². The highest BCUT2D eigenvalue weighted by molar-refractivity contribution is 6.09. The summed E-state index contributed by atoms with van der Waals surface area (Å²) in [6.07, 6.45) is 0. The molecular weight excluding hydrogens is 444 g/mol. The number of amides is 1. The number of aliphatic imine (C=N–C) groups is 1. The fraction of sp³-hybridized carbons (Fsp3) is 0.292. The summed E-state index contributed by atoms with van der Waals surface area (Å²) in [4.78, 5) is 17.3. The number of hydrogen-bond donors (Lipinski definition) is 3. The van der Waals surface area contributed by atoms with Crippen LogP contribution >= 0.6 is 0 Å². The van der Waals surface area contributed by atoms with Crippen molar-refractivity contribution < 1.29 is 23.0 Å². The maximum atomic E-state index is 13.2. The maximum absolute atomic E-state index is 13.2. The molecule has 1 amide bonds. The molecule has 8 nitrogen and oxygen atoms in total. The fourth-order valence-corrected chi connectivity index (χ4v) is 2.95. The van der Waals surface area contributed by atoms with E-state index in [-0.39, 0.29) is 23.9 Å². The lowest BCUT2D eigenvalue weighted by molar-refractivity contribution is 0.0507. The first-order valence-corrected chi connectivity index (χ1v) is 10.6. The van der Waals surface area contributed by atoms with Gasteiger partial charge in [0.2, 0.25) is 5.96 Å². The van der Waals surface area contributed by atoms with Crippen LogP contribution in [-0.2, 0) is 9.47 Å². The van der Waals surface area contributed by atoms with Gasteiger partial charge in [-0.2, -0.15) is 5.10 Å². The van der Waals surface area contributed by atoms with Gasteiger partial charge in [0, 0.05) is 18.7 Å². The lowest BCUT2D eigenvalue weighted by Crippen LogP contribution is -2.39. The molecule has 3 rings (SSSR count). The average Bonchev–Trinajstić information content (AvgIpc) is 3.25. The van der Waals surface area contributed by atoms with Gasteiger partial charge in [-0.3, -0.25) is 15.2 Å². The van der Waals surface area contributed by atoms with Gasteiger partial charge in [0.1, 0.15) is 11.6 Å². The standard InChI is InChI=1S/C24H27F2N5O3/c1-24(2,15-34-13-12-33-3)29-23(28-22(32)17-6-10-19(26)11-7-17)27-21-14-20(30-31-21)16-4-8-18(25)9-5-16/h4-11,14H,12-13,15H2,1-3H3,(H3,27,28,29,30,31,32). The molecule has 0 saturated heterocycles. The van der Waals surface area contributed by atoms with E-state index in [1.807, 2.05) is 13.8 Å². The molecule has 3 N–H and O–H groups in total. The molecule has 0 unspecified atom stereocenters. The summed E-state index contributed by atoms with van der Waals surface area (Å²) in [6.45, 7) is 4.82. The van der Waals surface area contributed by atoms with E-state index < -0.39 is 17.3 Å². The van der Waals surface area contributed by atoms with E-state index in [0.29, 0.717) is 24.7 Å². The van der Waals surface area contributed by atoms with Gasteiger partial charge < -0.3 is 14.8 Å². The monoisotopic (exact) mass is 471 g/mol. The van der Waals surface area contributed by atoms with E-state index in [1.54, 1.807) is 25.3 Å². The molecule has 0 fully saturated rings. The summed E-state index contributed by atoms with van der Waals surface area (Å²) in [5.74, 6) is -0.741. The topological polar surface area (TPSA) is 101 Å². The van der Waals surface area contributed by atoms with Crippen LogP contribution in [-0.4, -0.2) is 54.5 Å². The smallest absolute Gasteiger partial charge is 0.257 e. The quantitative estimate of drug-likeness (QED) is 0.249. The molecule has 2 aromatic carbocycles. The van der Waals surface area contributed by atoms with Crippen LogP contribution in [0.5, 0.6) is 0 Å². The lowest BCUT2D eigenvalue weighted by atomic mass is 10.1. The number of nitrogens with one attached hydrogen (secondary N) is 3. The number of aromatic nitrogens is 2. The number of hydrogen-bond acceptors (Lipinski definition) is 5. The van der Waals surface area contributed by atoms with E-state index in [1.165, 1.54) is 36.4 Å². The van der Waals surface area contributed by atoms with Crippen molar-refractivity contribution in [1.82, 2.24) is 15.5 Å². The first-order chi connectivity index (χ1) is 16.3. The number of rotatable bonds is 9. The summed E-state index contributed by atoms with van der Waals surface area (Å²) in [5, 5.41) is 12.8. The molecule has 1 aromatic heterocycles. The van der Waals surface area contributed by atoms with Crippen molar-refractivity contribution in [2.75, 3.05) is 32.2 Å². The second-order valence-electron chi connectivity index (χ2n) is 8.08. The Bertz CT molecular complexity index is 1110. The molecule has 0 saturated carbocycles. The van der Waals surface area contributed by atoms with Gasteiger partial charge >= 0.3 is 0 Å². The largest absolute Gasteiger partial charge is 0.382 e. The second kappa shape index (κ2) is 11.5. The third-order valence-corrected chi connectivity index (χ3v) is 4.62. The number of carbonyl (C=O) groups is 1. The number of guanidine groups is 1. The van der Waals surface area contributed by atoms with Gasteiger partial charge in [-0.1, -0.05) is 0 Å². The average molecular weight is 472 g/mol. The zero-order chi connectivity index (χ0) is 24.6. The number of anilines is 1. The zero-order valence-electron chi connectivity index (χ0n) is 19.2. The van der Waals surface area contributed by atoms with Crippen LogP contribution in [0.2, 0.25) is 0 Å². The molecule has 1 heterocycles. The number of benzene rings is 2. The van der Waals surface area contributed by atoms with Gasteiger partial charge in [0.25, 0.3) is 5.91 Å². The number of carbonyl (C=O) groups excluding carboxylic acids is 1. The normalized spacial score (nSPS) is 12.0. The lowest BCUT2D eigenvalue weighted by Gasteiger charge is -2.22. The number of H-pyrrole nitrogens is 1. The van der Waals surface area contributed by atoms with Crippen molar-refractivity contribution in [1.29, 1.82) is 0 Å². The van der Waals surface area contributed by atoms with Gasteiger partial charge in [-0.05, 0) is 67.9 Å². The molecule has 180 valence electrons. The molecule has 0 radical (unpaired) electrons. The molecule has 0 bridgehead atoms. The SMILES string of the molecule is COCCOCC(C)(C)N=C(NC(=O)c1ccc(F)cc1)Nc1cc(-c2ccc(F)cc2)[nH]n1. The predicted molar refractivity (Wildman–Crippen MR) is 126 cm³/mol. The molecule has 10 heteroatoms. The molecule has 0 aliphatic heterocycles. The van der Waals surface area contributed by atoms with Crippen LogP contribution in [0.4, 0.5) is 14.6 Å². The van der Waals surface area contributed by atoms with Gasteiger partial charge in [-0.25, -0.2) is 13.8 Å². The Kier molecular flexibility index (Phi) is 8.44. The highest BCUT2D eigenvalue weighted by Crippen LogP contribution is 2.20. The third-order valence-electron chi connectivity index (χ3n) is 4.62. The molecule has 0 aliphatic rings. The minimum absolute atomic E-state index is 0.131. The number of halogens is 2. The zero-order valence-corrected chi connectivity index (χ0v) is 19.2. The fourth-order valence-electron chi connectivity index (χ4n) is 2.95. The summed E-state index contributed by atoms with van der Waals surface area (Å²) < 4.78 is 37.0. The summed E-state index contributed by atoms with van der Waals surface area (Å²) in [7, 11) is 1.59.